The standard InChI is InChI=1S/C14H19N/c1-2-4-14(12-7-8-12)13(3-1)10-15-9-11-5-6-11/h1-4,11-12,15H,5-10H2. The molecule has 1 N–H and O–H groups in total. The summed E-state index contributed by atoms with van der Waals surface area (Å²) in [5.41, 5.74) is 3.13. The van der Waals surface area contributed by atoms with E-state index in [1.54, 1.807) is 5.56 Å². The van der Waals surface area contributed by atoms with E-state index in [0.717, 1.165) is 18.4 Å². The van der Waals surface area contributed by atoms with Crippen molar-refractivity contribution in [1.29, 1.82) is 0 Å². The van der Waals surface area contributed by atoms with Gasteiger partial charge in [0.15, 0.2) is 0 Å². The lowest BCUT2D eigenvalue weighted by Gasteiger charge is -2.09. The maximum atomic E-state index is 3.59. The zero-order valence-corrected chi connectivity index (χ0v) is 9.21. The molecular weight excluding hydrogens is 182 g/mol. The minimum Gasteiger partial charge on any atom is -0.312 e. The average molecular weight is 201 g/mol. The zero-order chi connectivity index (χ0) is 10.1. The summed E-state index contributed by atoms with van der Waals surface area (Å²) < 4.78 is 0. The van der Waals surface area contributed by atoms with E-state index in [-0.39, 0.29) is 0 Å². The van der Waals surface area contributed by atoms with Gasteiger partial charge in [0.1, 0.15) is 0 Å². The van der Waals surface area contributed by atoms with E-state index in [0.29, 0.717) is 0 Å². The molecule has 0 aromatic heterocycles. The normalized spacial score (nSPS) is 20.5. The van der Waals surface area contributed by atoms with Crippen LogP contribution in [0, 0.1) is 5.92 Å². The summed E-state index contributed by atoms with van der Waals surface area (Å²) in [6.45, 7) is 2.29. The average Bonchev–Trinajstić information content (AvgIpc) is 3.14. The van der Waals surface area contributed by atoms with Gasteiger partial charge in [0.25, 0.3) is 0 Å². The van der Waals surface area contributed by atoms with Crippen molar-refractivity contribution in [2.45, 2.75) is 38.1 Å². The Morgan fingerprint density at radius 3 is 2.60 bits per heavy atom. The molecule has 1 heteroatoms. The van der Waals surface area contributed by atoms with Crippen LogP contribution in [0.3, 0.4) is 0 Å². The zero-order valence-electron chi connectivity index (χ0n) is 9.21. The predicted molar refractivity (Wildman–Crippen MR) is 62.8 cm³/mol. The van der Waals surface area contributed by atoms with Crippen molar-refractivity contribution in [3.63, 3.8) is 0 Å². The third-order valence-electron chi connectivity index (χ3n) is 3.52. The van der Waals surface area contributed by atoms with Crippen molar-refractivity contribution in [1.82, 2.24) is 5.32 Å². The Morgan fingerprint density at radius 2 is 1.87 bits per heavy atom. The number of benzene rings is 1. The second-order valence-electron chi connectivity index (χ2n) is 5.05. The number of nitrogens with one attached hydrogen (secondary N) is 1. The first-order chi connectivity index (χ1) is 7.43. The Labute approximate surface area is 91.9 Å². The molecule has 0 bridgehead atoms. The van der Waals surface area contributed by atoms with Crippen LogP contribution in [0.15, 0.2) is 24.3 Å². The van der Waals surface area contributed by atoms with Crippen molar-refractivity contribution in [2.75, 3.05) is 6.54 Å². The molecule has 0 amide bonds. The van der Waals surface area contributed by atoms with Crippen molar-refractivity contribution in [2.24, 2.45) is 5.92 Å². The van der Waals surface area contributed by atoms with Crippen LogP contribution in [0.1, 0.15) is 42.7 Å². The summed E-state index contributed by atoms with van der Waals surface area (Å²) in [5, 5.41) is 3.59. The molecule has 2 saturated carbocycles. The molecule has 0 unspecified atom stereocenters. The highest BCUT2D eigenvalue weighted by Gasteiger charge is 2.25. The van der Waals surface area contributed by atoms with Crippen LogP contribution < -0.4 is 5.32 Å². The van der Waals surface area contributed by atoms with E-state index >= 15 is 0 Å². The van der Waals surface area contributed by atoms with Crippen molar-refractivity contribution in [3.8, 4) is 0 Å². The minimum atomic E-state index is 0.879. The van der Waals surface area contributed by atoms with E-state index in [1.165, 1.54) is 37.8 Å². The smallest absolute Gasteiger partial charge is 0.0208 e. The first-order valence-electron chi connectivity index (χ1n) is 6.22. The van der Waals surface area contributed by atoms with E-state index in [4.69, 9.17) is 0 Å². The summed E-state index contributed by atoms with van der Waals surface area (Å²) >= 11 is 0. The maximum absolute atomic E-state index is 3.59. The fourth-order valence-corrected chi connectivity index (χ4v) is 2.22. The van der Waals surface area contributed by atoms with Gasteiger partial charge < -0.3 is 5.32 Å². The van der Waals surface area contributed by atoms with Gasteiger partial charge in [-0.3, -0.25) is 0 Å². The van der Waals surface area contributed by atoms with Crippen LogP contribution in [0.5, 0.6) is 0 Å². The van der Waals surface area contributed by atoms with E-state index in [9.17, 15) is 0 Å². The van der Waals surface area contributed by atoms with Crippen LogP contribution in [-0.4, -0.2) is 6.54 Å². The second kappa shape index (κ2) is 3.97. The molecule has 3 rings (SSSR count). The molecule has 1 nitrogen and oxygen atoms in total. The molecule has 80 valence electrons. The quantitative estimate of drug-likeness (QED) is 0.772. The predicted octanol–water partition coefficient (Wildman–Crippen LogP) is 3.06. The van der Waals surface area contributed by atoms with Gasteiger partial charge in [-0.2, -0.15) is 0 Å². The monoisotopic (exact) mass is 201 g/mol. The molecule has 0 heterocycles. The van der Waals surface area contributed by atoms with Gasteiger partial charge >= 0.3 is 0 Å². The van der Waals surface area contributed by atoms with Crippen molar-refractivity contribution < 1.29 is 0 Å². The van der Waals surface area contributed by atoms with Crippen LogP contribution >= 0.6 is 0 Å². The van der Waals surface area contributed by atoms with Gasteiger partial charge in [0.2, 0.25) is 0 Å². The van der Waals surface area contributed by atoms with Crippen LogP contribution in [0.25, 0.3) is 0 Å². The van der Waals surface area contributed by atoms with Crippen LogP contribution in [0.2, 0.25) is 0 Å². The molecule has 1 aromatic carbocycles. The molecule has 2 fully saturated rings. The highest BCUT2D eigenvalue weighted by Crippen LogP contribution is 2.41. The Balaban J connectivity index is 1.61. The summed E-state index contributed by atoms with van der Waals surface area (Å²) in [4.78, 5) is 0. The van der Waals surface area contributed by atoms with E-state index in [2.05, 4.69) is 29.6 Å². The van der Waals surface area contributed by atoms with Gasteiger partial charge in [-0.1, -0.05) is 24.3 Å². The van der Waals surface area contributed by atoms with E-state index < -0.39 is 0 Å². The summed E-state index contributed by atoms with van der Waals surface area (Å²) in [6.07, 6.45) is 5.69. The SMILES string of the molecule is c1ccc(C2CC2)c(CNCC2CC2)c1. The van der Waals surface area contributed by atoms with E-state index in [1.807, 2.05) is 0 Å². The molecule has 2 aliphatic rings. The molecular formula is C14H19N. The Hall–Kier alpha value is -0.820. The van der Waals surface area contributed by atoms with Gasteiger partial charge in [-0.05, 0) is 55.2 Å². The van der Waals surface area contributed by atoms with Crippen LogP contribution in [0.4, 0.5) is 0 Å². The fraction of sp³-hybridized carbons (Fsp3) is 0.571. The molecule has 0 atom stereocenters. The Kier molecular flexibility index (Phi) is 2.49. The number of hydrogen-bond donors (Lipinski definition) is 1. The first kappa shape index (κ1) is 9.41. The van der Waals surface area contributed by atoms with Gasteiger partial charge in [-0.15, -0.1) is 0 Å². The third-order valence-corrected chi connectivity index (χ3v) is 3.52. The number of rotatable bonds is 5. The molecule has 0 radical (unpaired) electrons. The lowest BCUT2D eigenvalue weighted by molar-refractivity contribution is 0.635. The summed E-state index contributed by atoms with van der Waals surface area (Å²) in [7, 11) is 0. The largest absolute Gasteiger partial charge is 0.312 e. The molecule has 1 aromatic rings. The lowest BCUT2D eigenvalue weighted by atomic mass is 10.0. The molecule has 0 saturated heterocycles. The lowest BCUT2D eigenvalue weighted by Crippen LogP contribution is -2.17. The fourth-order valence-electron chi connectivity index (χ4n) is 2.22. The summed E-state index contributed by atoms with van der Waals surface area (Å²) in [6, 6.07) is 8.94. The maximum Gasteiger partial charge on any atom is 0.0208 e. The topological polar surface area (TPSA) is 12.0 Å². The Bertz CT molecular complexity index is 337. The minimum absolute atomic E-state index is 0.879. The number of hydrogen-bond acceptors (Lipinski definition) is 1. The van der Waals surface area contributed by atoms with Gasteiger partial charge in [0.05, 0.1) is 0 Å². The molecule has 2 aliphatic carbocycles. The summed E-state index contributed by atoms with van der Waals surface area (Å²) in [5.74, 6) is 1.86. The highest BCUT2D eigenvalue weighted by molar-refractivity contribution is 5.33. The van der Waals surface area contributed by atoms with Crippen molar-refractivity contribution >= 4 is 0 Å². The molecule has 0 aliphatic heterocycles. The first-order valence-corrected chi connectivity index (χ1v) is 6.22. The van der Waals surface area contributed by atoms with Crippen molar-refractivity contribution in [3.05, 3.63) is 35.4 Å². The second-order valence-corrected chi connectivity index (χ2v) is 5.05. The third kappa shape index (κ3) is 2.40. The molecule has 0 spiro atoms. The molecule has 15 heavy (non-hydrogen) atoms. The van der Waals surface area contributed by atoms with Crippen LogP contribution in [-0.2, 0) is 6.54 Å². The highest BCUT2D eigenvalue weighted by atomic mass is 14.9. The van der Waals surface area contributed by atoms with Gasteiger partial charge in [-0.25, -0.2) is 0 Å². The Morgan fingerprint density at radius 1 is 1.07 bits per heavy atom. The van der Waals surface area contributed by atoms with Gasteiger partial charge in [0, 0.05) is 6.54 Å².